The van der Waals surface area contributed by atoms with Gasteiger partial charge in [-0.2, -0.15) is 0 Å². The molecule has 2 aromatic rings. The van der Waals surface area contributed by atoms with Crippen LogP contribution in [-0.2, 0) is 0 Å². The fraction of sp³-hybridized carbons (Fsp3) is 0.438. The van der Waals surface area contributed by atoms with Crippen molar-refractivity contribution in [2.75, 3.05) is 19.5 Å². The molecule has 0 atom stereocenters. The molecule has 0 bridgehead atoms. The summed E-state index contributed by atoms with van der Waals surface area (Å²) in [5.41, 5.74) is 0.558. The summed E-state index contributed by atoms with van der Waals surface area (Å²) >= 11 is 1.51. The number of hydrogen-bond donors (Lipinski definition) is 0. The first-order valence-corrected chi connectivity index (χ1v) is 8.34. The molecule has 1 aromatic carbocycles. The number of aromatic nitrogens is 2. The second kappa shape index (κ2) is 8.57. The number of ether oxygens (including phenoxy) is 2. The van der Waals surface area contributed by atoms with E-state index in [1.54, 1.807) is 25.3 Å². The van der Waals surface area contributed by atoms with Gasteiger partial charge in [0.15, 0.2) is 11.5 Å². The number of benzene rings is 1. The molecule has 0 aliphatic rings. The summed E-state index contributed by atoms with van der Waals surface area (Å²) in [6, 6.07) is 5.09. The second-order valence-corrected chi connectivity index (χ2v) is 6.19. The van der Waals surface area contributed by atoms with E-state index < -0.39 is 0 Å². The summed E-state index contributed by atoms with van der Waals surface area (Å²) in [4.78, 5) is 10.7. The molecule has 124 valence electrons. The minimum atomic E-state index is 0.238. The number of methoxy groups -OCH3 is 1. The average Bonchev–Trinajstić information content (AvgIpc) is 3.03. The van der Waals surface area contributed by atoms with Crippen LogP contribution in [0.15, 0.2) is 27.8 Å². The predicted molar refractivity (Wildman–Crippen MR) is 87.6 cm³/mol. The van der Waals surface area contributed by atoms with Crippen LogP contribution in [0.2, 0.25) is 0 Å². The van der Waals surface area contributed by atoms with E-state index in [9.17, 15) is 4.79 Å². The largest absolute Gasteiger partial charge is 0.493 e. The van der Waals surface area contributed by atoms with Crippen LogP contribution in [0.3, 0.4) is 0 Å². The zero-order valence-electron chi connectivity index (χ0n) is 13.4. The molecule has 1 aromatic heterocycles. The molecule has 0 aliphatic carbocycles. The van der Waals surface area contributed by atoms with E-state index in [4.69, 9.17) is 13.9 Å². The van der Waals surface area contributed by atoms with Crippen LogP contribution < -0.4 is 9.47 Å². The molecule has 1 heterocycles. The Labute approximate surface area is 139 Å². The van der Waals surface area contributed by atoms with E-state index in [2.05, 4.69) is 10.2 Å². The van der Waals surface area contributed by atoms with E-state index in [0.29, 0.717) is 34.8 Å². The first kappa shape index (κ1) is 17.3. The molecule has 0 fully saturated rings. The maximum absolute atomic E-state index is 10.7. The summed E-state index contributed by atoms with van der Waals surface area (Å²) < 4.78 is 16.4. The highest BCUT2D eigenvalue weighted by Crippen LogP contribution is 2.28. The van der Waals surface area contributed by atoms with Crippen molar-refractivity contribution in [2.24, 2.45) is 0 Å². The number of carbonyl (C=O) groups excluding carboxylic acids is 1. The Morgan fingerprint density at radius 1 is 1.30 bits per heavy atom. The molecule has 0 saturated heterocycles. The van der Waals surface area contributed by atoms with Gasteiger partial charge in [-0.15, -0.1) is 10.2 Å². The predicted octanol–water partition coefficient (Wildman–Crippen LogP) is 3.58. The monoisotopic (exact) mass is 336 g/mol. The Balaban J connectivity index is 1.75. The summed E-state index contributed by atoms with van der Waals surface area (Å²) in [5.74, 6) is 2.89. The van der Waals surface area contributed by atoms with Gasteiger partial charge < -0.3 is 13.9 Å². The van der Waals surface area contributed by atoms with Gasteiger partial charge >= 0.3 is 0 Å². The second-order valence-electron chi connectivity index (χ2n) is 5.14. The van der Waals surface area contributed by atoms with Gasteiger partial charge in [0.25, 0.3) is 5.22 Å². The van der Waals surface area contributed by atoms with Crippen LogP contribution in [0.1, 0.15) is 42.4 Å². The Bertz CT molecular complexity index is 643. The van der Waals surface area contributed by atoms with Crippen molar-refractivity contribution in [1.82, 2.24) is 10.2 Å². The Kier molecular flexibility index (Phi) is 6.46. The van der Waals surface area contributed by atoms with Crippen LogP contribution in [0.25, 0.3) is 0 Å². The first-order chi connectivity index (χ1) is 11.1. The highest BCUT2D eigenvalue weighted by Gasteiger charge is 2.10. The normalized spacial score (nSPS) is 10.8. The molecule has 0 radical (unpaired) electrons. The van der Waals surface area contributed by atoms with Crippen LogP contribution in [0.5, 0.6) is 11.5 Å². The SMILES string of the molecule is COc1cc(C=O)ccc1OCCCSc1nnc(C(C)C)o1. The van der Waals surface area contributed by atoms with Gasteiger partial charge in [0.1, 0.15) is 6.29 Å². The van der Waals surface area contributed by atoms with Gasteiger partial charge in [0, 0.05) is 17.2 Å². The quantitative estimate of drug-likeness (QED) is 0.393. The van der Waals surface area contributed by atoms with Crippen molar-refractivity contribution in [1.29, 1.82) is 0 Å². The van der Waals surface area contributed by atoms with E-state index in [1.807, 2.05) is 13.8 Å². The van der Waals surface area contributed by atoms with Crippen molar-refractivity contribution < 1.29 is 18.7 Å². The van der Waals surface area contributed by atoms with Gasteiger partial charge in [-0.25, -0.2) is 0 Å². The summed E-state index contributed by atoms with van der Waals surface area (Å²) in [5, 5.41) is 8.56. The van der Waals surface area contributed by atoms with E-state index >= 15 is 0 Å². The minimum absolute atomic E-state index is 0.238. The smallest absolute Gasteiger partial charge is 0.276 e. The summed E-state index contributed by atoms with van der Waals surface area (Å²) in [6.45, 7) is 4.56. The van der Waals surface area contributed by atoms with Crippen molar-refractivity contribution >= 4 is 18.0 Å². The Morgan fingerprint density at radius 3 is 2.78 bits per heavy atom. The van der Waals surface area contributed by atoms with Crippen molar-refractivity contribution in [2.45, 2.75) is 31.4 Å². The lowest BCUT2D eigenvalue weighted by Gasteiger charge is -2.10. The molecule has 0 N–H and O–H groups in total. The topological polar surface area (TPSA) is 74.5 Å². The van der Waals surface area contributed by atoms with Crippen LogP contribution in [0.4, 0.5) is 0 Å². The van der Waals surface area contributed by atoms with Gasteiger partial charge in [-0.3, -0.25) is 4.79 Å². The fourth-order valence-corrected chi connectivity index (χ4v) is 2.47. The molecule has 7 heteroatoms. The summed E-state index contributed by atoms with van der Waals surface area (Å²) in [7, 11) is 1.55. The molecule has 0 spiro atoms. The van der Waals surface area contributed by atoms with Crippen molar-refractivity contribution in [3.05, 3.63) is 29.7 Å². The lowest BCUT2D eigenvalue weighted by molar-refractivity contribution is 0.112. The third kappa shape index (κ3) is 4.99. The molecule has 2 rings (SSSR count). The number of aldehydes is 1. The summed E-state index contributed by atoms with van der Waals surface area (Å²) in [6.07, 6.45) is 1.60. The molecule has 0 aliphatic heterocycles. The molecular formula is C16H20N2O4S. The fourth-order valence-electron chi connectivity index (χ4n) is 1.79. The molecule has 0 unspecified atom stereocenters. The number of thioether (sulfide) groups is 1. The number of carbonyl (C=O) groups is 1. The van der Waals surface area contributed by atoms with Gasteiger partial charge in [-0.1, -0.05) is 25.6 Å². The molecule has 6 nitrogen and oxygen atoms in total. The van der Waals surface area contributed by atoms with Gasteiger partial charge in [0.05, 0.1) is 13.7 Å². The minimum Gasteiger partial charge on any atom is -0.493 e. The van der Waals surface area contributed by atoms with Crippen LogP contribution >= 0.6 is 11.8 Å². The highest BCUT2D eigenvalue weighted by atomic mass is 32.2. The van der Waals surface area contributed by atoms with Gasteiger partial charge in [-0.05, 0) is 24.6 Å². The van der Waals surface area contributed by atoms with E-state index in [0.717, 1.165) is 18.5 Å². The van der Waals surface area contributed by atoms with Crippen LogP contribution in [0, 0.1) is 0 Å². The van der Waals surface area contributed by atoms with E-state index in [-0.39, 0.29) is 5.92 Å². The maximum atomic E-state index is 10.7. The zero-order chi connectivity index (χ0) is 16.7. The third-order valence-electron chi connectivity index (χ3n) is 3.01. The lowest BCUT2D eigenvalue weighted by Crippen LogP contribution is -2.01. The maximum Gasteiger partial charge on any atom is 0.276 e. The highest BCUT2D eigenvalue weighted by molar-refractivity contribution is 7.99. The van der Waals surface area contributed by atoms with Crippen molar-refractivity contribution in [3.8, 4) is 11.5 Å². The van der Waals surface area contributed by atoms with E-state index in [1.165, 1.54) is 11.8 Å². The van der Waals surface area contributed by atoms with Crippen molar-refractivity contribution in [3.63, 3.8) is 0 Å². The lowest BCUT2D eigenvalue weighted by atomic mass is 10.2. The molecule has 0 saturated carbocycles. The number of rotatable bonds is 9. The molecule has 0 amide bonds. The molecule has 23 heavy (non-hydrogen) atoms. The third-order valence-corrected chi connectivity index (χ3v) is 3.92. The Morgan fingerprint density at radius 2 is 2.13 bits per heavy atom. The van der Waals surface area contributed by atoms with Gasteiger partial charge in [0.2, 0.25) is 5.89 Å². The standard InChI is InChI=1S/C16H20N2O4S/c1-11(2)15-17-18-16(22-15)23-8-4-7-21-13-6-5-12(10-19)9-14(13)20-3/h5-6,9-11H,4,7-8H2,1-3H3. The Hall–Kier alpha value is -2.02. The zero-order valence-corrected chi connectivity index (χ0v) is 14.3. The first-order valence-electron chi connectivity index (χ1n) is 7.36. The number of hydrogen-bond acceptors (Lipinski definition) is 7. The average molecular weight is 336 g/mol. The van der Waals surface area contributed by atoms with Crippen LogP contribution in [-0.4, -0.2) is 36.0 Å². The number of nitrogens with zero attached hydrogens (tertiary/aromatic N) is 2. The molecular weight excluding hydrogens is 316 g/mol.